The van der Waals surface area contributed by atoms with Crippen molar-refractivity contribution in [1.82, 2.24) is 19.9 Å². The first-order valence-corrected chi connectivity index (χ1v) is 6.03. The fourth-order valence-electron chi connectivity index (χ4n) is 1.16. The highest BCUT2D eigenvalue weighted by Gasteiger charge is 2.05. The van der Waals surface area contributed by atoms with E-state index in [1.165, 1.54) is 7.11 Å². The summed E-state index contributed by atoms with van der Waals surface area (Å²) >= 11 is 7.31. The second kappa shape index (κ2) is 5.24. The fraction of sp³-hybridized carbons (Fsp3) is 0.333. The maximum Gasteiger partial charge on any atom is 0.322 e. The summed E-state index contributed by atoms with van der Waals surface area (Å²) < 4.78 is 4.89. The summed E-state index contributed by atoms with van der Waals surface area (Å²) in [5.41, 5.74) is 0.933. The Bertz CT molecular complexity index is 518. The molecule has 0 aliphatic carbocycles. The van der Waals surface area contributed by atoms with Crippen LogP contribution < -0.4 is 10.1 Å². The number of rotatable bonds is 4. The SMILES string of the molecule is COc1nc(Cl)nc(NCc2csc(C)n2)n1. The zero-order valence-electron chi connectivity index (χ0n) is 9.27. The number of thiazole rings is 1. The van der Waals surface area contributed by atoms with E-state index in [1.807, 2.05) is 12.3 Å². The summed E-state index contributed by atoms with van der Waals surface area (Å²) in [6.45, 7) is 2.49. The first-order valence-electron chi connectivity index (χ1n) is 4.78. The van der Waals surface area contributed by atoms with Crippen molar-refractivity contribution in [3.8, 4) is 6.01 Å². The highest BCUT2D eigenvalue weighted by atomic mass is 35.5. The standard InChI is InChI=1S/C9H10ClN5OS/c1-5-12-6(4-17-5)3-11-8-13-7(10)14-9(15-8)16-2/h4H,3H2,1-2H3,(H,11,13,14,15). The van der Waals surface area contributed by atoms with Crippen LogP contribution in [0.4, 0.5) is 5.95 Å². The Morgan fingerprint density at radius 3 is 2.82 bits per heavy atom. The summed E-state index contributed by atoms with van der Waals surface area (Å²) in [5, 5.41) is 6.09. The number of nitrogens with one attached hydrogen (secondary N) is 1. The molecular weight excluding hydrogens is 262 g/mol. The van der Waals surface area contributed by atoms with Crippen LogP contribution in [0.15, 0.2) is 5.38 Å². The van der Waals surface area contributed by atoms with Gasteiger partial charge in [0, 0.05) is 5.38 Å². The smallest absolute Gasteiger partial charge is 0.322 e. The van der Waals surface area contributed by atoms with Crippen molar-refractivity contribution in [2.75, 3.05) is 12.4 Å². The van der Waals surface area contributed by atoms with Crippen LogP contribution in [-0.4, -0.2) is 27.0 Å². The summed E-state index contributed by atoms with van der Waals surface area (Å²) in [6.07, 6.45) is 0. The van der Waals surface area contributed by atoms with Gasteiger partial charge in [-0.1, -0.05) is 0 Å². The lowest BCUT2D eigenvalue weighted by Crippen LogP contribution is -2.06. The topological polar surface area (TPSA) is 72.8 Å². The van der Waals surface area contributed by atoms with E-state index >= 15 is 0 Å². The van der Waals surface area contributed by atoms with Crippen LogP contribution in [0.25, 0.3) is 0 Å². The van der Waals surface area contributed by atoms with Crippen molar-refractivity contribution in [3.63, 3.8) is 0 Å². The molecule has 0 bridgehead atoms. The van der Waals surface area contributed by atoms with Crippen molar-refractivity contribution >= 4 is 28.9 Å². The van der Waals surface area contributed by atoms with Crippen LogP contribution >= 0.6 is 22.9 Å². The van der Waals surface area contributed by atoms with Gasteiger partial charge in [0.05, 0.1) is 24.4 Å². The predicted octanol–water partition coefficient (Wildman–Crippen LogP) is 1.91. The van der Waals surface area contributed by atoms with Gasteiger partial charge in [0.1, 0.15) is 0 Å². The molecule has 90 valence electrons. The minimum atomic E-state index is 0.0915. The van der Waals surface area contributed by atoms with Crippen molar-refractivity contribution in [2.45, 2.75) is 13.5 Å². The molecule has 2 aromatic rings. The van der Waals surface area contributed by atoms with Crippen LogP contribution in [0, 0.1) is 6.92 Å². The lowest BCUT2D eigenvalue weighted by molar-refractivity contribution is 0.379. The largest absolute Gasteiger partial charge is 0.467 e. The molecule has 0 unspecified atom stereocenters. The molecule has 17 heavy (non-hydrogen) atoms. The molecule has 1 N–H and O–H groups in total. The molecule has 2 heterocycles. The van der Waals surface area contributed by atoms with E-state index in [0.29, 0.717) is 12.5 Å². The molecular formula is C9H10ClN5OS. The molecule has 0 aromatic carbocycles. The monoisotopic (exact) mass is 271 g/mol. The third kappa shape index (κ3) is 3.24. The van der Waals surface area contributed by atoms with Gasteiger partial charge in [-0.2, -0.15) is 15.0 Å². The van der Waals surface area contributed by atoms with Gasteiger partial charge in [0.2, 0.25) is 11.2 Å². The van der Waals surface area contributed by atoms with E-state index in [1.54, 1.807) is 11.3 Å². The molecule has 8 heteroatoms. The van der Waals surface area contributed by atoms with Crippen LogP contribution in [0.3, 0.4) is 0 Å². The van der Waals surface area contributed by atoms with E-state index in [4.69, 9.17) is 16.3 Å². The van der Waals surface area contributed by atoms with Gasteiger partial charge >= 0.3 is 6.01 Å². The Kier molecular flexibility index (Phi) is 3.70. The van der Waals surface area contributed by atoms with Crippen LogP contribution in [-0.2, 0) is 6.54 Å². The molecule has 0 aliphatic heterocycles. The Morgan fingerprint density at radius 2 is 2.18 bits per heavy atom. The lowest BCUT2D eigenvalue weighted by atomic mass is 10.5. The van der Waals surface area contributed by atoms with Gasteiger partial charge < -0.3 is 10.1 Å². The quantitative estimate of drug-likeness (QED) is 0.916. The summed E-state index contributed by atoms with van der Waals surface area (Å²) in [7, 11) is 1.47. The number of ether oxygens (including phenoxy) is 1. The van der Waals surface area contributed by atoms with Crippen LogP contribution in [0.5, 0.6) is 6.01 Å². The fourth-order valence-corrected chi connectivity index (χ4v) is 1.93. The molecule has 0 fully saturated rings. The van der Waals surface area contributed by atoms with Crippen LogP contribution in [0.2, 0.25) is 5.28 Å². The van der Waals surface area contributed by atoms with Crippen molar-refractivity contribution in [2.24, 2.45) is 0 Å². The number of aryl methyl sites for hydroxylation is 1. The number of anilines is 1. The first kappa shape index (κ1) is 12.0. The Balaban J connectivity index is 2.05. The van der Waals surface area contributed by atoms with E-state index in [9.17, 15) is 0 Å². The second-order valence-corrected chi connectivity index (χ2v) is 4.53. The van der Waals surface area contributed by atoms with Gasteiger partial charge in [-0.25, -0.2) is 4.98 Å². The number of hydrogen-bond acceptors (Lipinski definition) is 7. The number of hydrogen-bond donors (Lipinski definition) is 1. The minimum absolute atomic E-state index is 0.0915. The average molecular weight is 272 g/mol. The van der Waals surface area contributed by atoms with Crippen LogP contribution in [0.1, 0.15) is 10.7 Å². The Hall–Kier alpha value is -1.47. The molecule has 0 saturated heterocycles. The summed E-state index contributed by atoms with van der Waals surface area (Å²) in [6, 6.07) is 0.182. The van der Waals surface area contributed by atoms with Gasteiger partial charge in [0.25, 0.3) is 0 Å². The van der Waals surface area contributed by atoms with Gasteiger partial charge in [-0.05, 0) is 18.5 Å². The molecule has 0 aliphatic rings. The normalized spacial score (nSPS) is 10.3. The van der Waals surface area contributed by atoms with E-state index in [-0.39, 0.29) is 11.3 Å². The van der Waals surface area contributed by atoms with Crippen molar-refractivity contribution in [1.29, 1.82) is 0 Å². The third-order valence-corrected chi connectivity index (χ3v) is 2.86. The van der Waals surface area contributed by atoms with E-state index < -0.39 is 0 Å². The Labute approximate surface area is 107 Å². The molecule has 6 nitrogen and oxygen atoms in total. The van der Waals surface area contributed by atoms with Gasteiger partial charge in [-0.3, -0.25) is 0 Å². The highest BCUT2D eigenvalue weighted by Crippen LogP contribution is 2.13. The van der Waals surface area contributed by atoms with Gasteiger partial charge in [0.15, 0.2) is 0 Å². The minimum Gasteiger partial charge on any atom is -0.467 e. The summed E-state index contributed by atoms with van der Waals surface area (Å²) in [4.78, 5) is 16.0. The van der Waals surface area contributed by atoms with Crippen molar-refractivity contribution < 1.29 is 4.74 Å². The first-order chi connectivity index (χ1) is 8.17. The predicted molar refractivity (Wildman–Crippen MR) is 65.6 cm³/mol. The molecule has 0 spiro atoms. The maximum absolute atomic E-state index is 5.72. The molecule has 0 saturated carbocycles. The molecule has 2 rings (SSSR count). The maximum atomic E-state index is 5.72. The zero-order valence-corrected chi connectivity index (χ0v) is 10.8. The number of nitrogens with zero attached hydrogens (tertiary/aromatic N) is 4. The highest BCUT2D eigenvalue weighted by molar-refractivity contribution is 7.09. The van der Waals surface area contributed by atoms with Gasteiger partial charge in [-0.15, -0.1) is 11.3 Å². The summed E-state index contributed by atoms with van der Waals surface area (Å²) in [5.74, 6) is 0.368. The Morgan fingerprint density at radius 1 is 1.35 bits per heavy atom. The zero-order chi connectivity index (χ0) is 12.3. The molecule has 2 aromatic heterocycles. The lowest BCUT2D eigenvalue weighted by Gasteiger charge is -2.04. The third-order valence-electron chi connectivity index (χ3n) is 1.86. The number of methoxy groups -OCH3 is 1. The number of halogens is 1. The second-order valence-electron chi connectivity index (χ2n) is 3.13. The van der Waals surface area contributed by atoms with E-state index in [0.717, 1.165) is 10.7 Å². The van der Waals surface area contributed by atoms with Crippen molar-refractivity contribution in [3.05, 3.63) is 21.4 Å². The average Bonchev–Trinajstić information content (AvgIpc) is 2.72. The number of aromatic nitrogens is 4. The van der Waals surface area contributed by atoms with E-state index in [2.05, 4.69) is 25.3 Å². The molecule has 0 atom stereocenters. The molecule has 0 amide bonds. The molecule has 0 radical (unpaired) electrons.